The molecule has 168 valence electrons. The van der Waals surface area contributed by atoms with E-state index in [1.807, 2.05) is 18.2 Å². The van der Waals surface area contributed by atoms with Gasteiger partial charge in [0.1, 0.15) is 17.1 Å². The monoisotopic (exact) mass is 431 g/mol. The highest BCUT2D eigenvalue weighted by Crippen LogP contribution is 2.51. The van der Waals surface area contributed by atoms with E-state index in [0.717, 1.165) is 61.4 Å². The van der Waals surface area contributed by atoms with Gasteiger partial charge < -0.3 is 19.7 Å². The molecule has 3 aliphatic rings. The van der Waals surface area contributed by atoms with E-state index in [9.17, 15) is 5.11 Å². The Morgan fingerprint density at radius 2 is 1.97 bits per heavy atom. The van der Waals surface area contributed by atoms with E-state index in [2.05, 4.69) is 53.3 Å². The van der Waals surface area contributed by atoms with Crippen molar-refractivity contribution in [1.29, 1.82) is 0 Å². The molecule has 1 heterocycles. The van der Waals surface area contributed by atoms with Crippen molar-refractivity contribution in [1.82, 2.24) is 14.9 Å². The Labute approximate surface area is 190 Å². The number of para-hydroxylation sites is 1. The van der Waals surface area contributed by atoms with Gasteiger partial charge in [-0.1, -0.05) is 42.5 Å². The van der Waals surface area contributed by atoms with Gasteiger partial charge in [-0.25, -0.2) is 4.98 Å². The number of aliphatic hydroxyl groups is 1. The van der Waals surface area contributed by atoms with Gasteiger partial charge in [0.05, 0.1) is 18.2 Å². The summed E-state index contributed by atoms with van der Waals surface area (Å²) in [6, 6.07) is 16.6. The van der Waals surface area contributed by atoms with Crippen molar-refractivity contribution < 1.29 is 9.84 Å². The van der Waals surface area contributed by atoms with Crippen LogP contribution in [0.3, 0.4) is 0 Å². The lowest BCUT2D eigenvalue weighted by molar-refractivity contribution is -0.0574. The number of benzene rings is 2. The minimum atomic E-state index is -0.581. The average Bonchev–Trinajstić information content (AvgIpc) is 3.25. The van der Waals surface area contributed by atoms with Crippen molar-refractivity contribution in [2.45, 2.75) is 37.7 Å². The summed E-state index contributed by atoms with van der Waals surface area (Å²) in [7, 11) is 3.82. The Hall–Kier alpha value is -2.63. The topological polar surface area (TPSA) is 61.4 Å². The second-order valence-corrected chi connectivity index (χ2v) is 9.52. The third-order valence-corrected chi connectivity index (χ3v) is 7.45. The first-order valence-electron chi connectivity index (χ1n) is 11.8. The van der Waals surface area contributed by atoms with Crippen molar-refractivity contribution in [3.05, 3.63) is 66.0 Å². The number of H-pyrrole nitrogens is 1. The normalized spacial score (nSPS) is 24.8. The van der Waals surface area contributed by atoms with Gasteiger partial charge in [-0.3, -0.25) is 0 Å². The van der Waals surface area contributed by atoms with Gasteiger partial charge in [0.25, 0.3) is 0 Å². The molecule has 1 saturated carbocycles. The molecule has 3 unspecified atom stereocenters. The van der Waals surface area contributed by atoms with Crippen LogP contribution in [0.2, 0.25) is 0 Å². The van der Waals surface area contributed by atoms with Crippen LogP contribution in [0.25, 0.3) is 16.6 Å². The van der Waals surface area contributed by atoms with Crippen molar-refractivity contribution in [2.24, 2.45) is 11.8 Å². The van der Waals surface area contributed by atoms with E-state index in [4.69, 9.17) is 9.72 Å². The molecule has 5 nitrogen and oxygen atoms in total. The van der Waals surface area contributed by atoms with Crippen LogP contribution in [-0.2, 0) is 6.42 Å². The third kappa shape index (κ3) is 4.07. The van der Waals surface area contributed by atoms with E-state index in [0.29, 0.717) is 5.92 Å². The fraction of sp³-hybridized carbons (Fsp3) is 0.444. The summed E-state index contributed by atoms with van der Waals surface area (Å²) in [6.07, 6.45) is 7.21. The fourth-order valence-corrected chi connectivity index (χ4v) is 5.57. The first kappa shape index (κ1) is 21.2. The van der Waals surface area contributed by atoms with Crippen LogP contribution >= 0.6 is 0 Å². The highest BCUT2D eigenvalue weighted by Gasteiger charge is 2.46. The molecular formula is C27H33N3O2. The molecule has 3 atom stereocenters. The number of aromatic amines is 1. The largest absolute Gasteiger partial charge is 0.494 e. The number of ether oxygens (including phenoxy) is 1. The van der Waals surface area contributed by atoms with Gasteiger partial charge in [0.2, 0.25) is 0 Å². The average molecular weight is 432 g/mol. The number of nitrogens with zero attached hydrogens (tertiary/aromatic N) is 2. The number of likely N-dealkylation sites (N-methyl/N-ethyl adjacent to an activating group) is 1. The number of fused-ring (bicyclic) bond motifs is 3. The van der Waals surface area contributed by atoms with Crippen LogP contribution in [-0.4, -0.2) is 52.8 Å². The van der Waals surface area contributed by atoms with Crippen LogP contribution in [0.15, 0.2) is 54.6 Å². The number of rotatable bonds is 8. The molecule has 2 N–H and O–H groups in total. The van der Waals surface area contributed by atoms with Gasteiger partial charge in [-0.15, -0.1) is 0 Å². The number of hydrogen-bond donors (Lipinski definition) is 2. The molecule has 6 rings (SSSR count). The predicted molar refractivity (Wildman–Crippen MR) is 129 cm³/mol. The molecule has 0 spiro atoms. The van der Waals surface area contributed by atoms with Crippen molar-refractivity contribution in [3.63, 3.8) is 0 Å². The van der Waals surface area contributed by atoms with Gasteiger partial charge in [-0.2, -0.15) is 0 Å². The molecule has 2 aromatic carbocycles. The van der Waals surface area contributed by atoms with Crippen LogP contribution in [0, 0.1) is 11.8 Å². The molecule has 0 amide bonds. The molecule has 5 heteroatoms. The molecule has 3 aromatic rings. The molecule has 2 bridgehead atoms. The Morgan fingerprint density at radius 1 is 1.12 bits per heavy atom. The second kappa shape index (κ2) is 8.72. The Morgan fingerprint density at radius 3 is 2.72 bits per heavy atom. The van der Waals surface area contributed by atoms with Crippen LogP contribution in [0.5, 0.6) is 5.75 Å². The number of methoxy groups -OCH3 is 1. The highest BCUT2D eigenvalue weighted by molar-refractivity contribution is 5.81. The molecule has 1 aromatic heterocycles. The molecular weight excluding hydrogens is 398 g/mol. The fourth-order valence-electron chi connectivity index (χ4n) is 5.57. The van der Waals surface area contributed by atoms with E-state index in [-0.39, 0.29) is 5.92 Å². The van der Waals surface area contributed by atoms with E-state index >= 15 is 0 Å². The molecule has 32 heavy (non-hydrogen) atoms. The zero-order valence-electron chi connectivity index (χ0n) is 19.1. The van der Waals surface area contributed by atoms with E-state index < -0.39 is 5.60 Å². The van der Waals surface area contributed by atoms with Gasteiger partial charge >= 0.3 is 0 Å². The lowest BCUT2D eigenvalue weighted by Crippen LogP contribution is -2.48. The quantitative estimate of drug-likeness (QED) is 0.544. The van der Waals surface area contributed by atoms with Crippen LogP contribution in [0.1, 0.15) is 37.1 Å². The van der Waals surface area contributed by atoms with Crippen LogP contribution in [0.4, 0.5) is 0 Å². The first-order chi connectivity index (χ1) is 15.6. The van der Waals surface area contributed by atoms with Crippen molar-refractivity contribution >= 4 is 16.6 Å². The third-order valence-electron chi connectivity index (χ3n) is 7.45. The minimum Gasteiger partial charge on any atom is -0.494 e. The smallest absolute Gasteiger partial charge is 0.146 e. The number of hydrogen-bond acceptors (Lipinski definition) is 4. The first-order valence-corrected chi connectivity index (χ1v) is 11.8. The van der Waals surface area contributed by atoms with Gasteiger partial charge in [0.15, 0.2) is 0 Å². The number of aromatic nitrogens is 2. The Kier molecular flexibility index (Phi) is 5.78. The SMILES string of the molecule is COc1cccc2[nH]c(CCN(C)CCC3(O)CC4CCC3C=C4c3ccccc3)nc12. The maximum absolute atomic E-state index is 11.5. The molecule has 3 aliphatic carbocycles. The molecule has 0 saturated heterocycles. The van der Waals surface area contributed by atoms with Gasteiger partial charge in [0, 0.05) is 25.4 Å². The standard InChI is InChI=1S/C27H33N3O2/c1-30(15-13-25-28-23-9-6-10-24(32-2)26(23)29-25)16-14-27(31)18-20-11-12-21(27)17-22(20)19-7-4-3-5-8-19/h3-10,17,20-21,31H,11-16,18H2,1-2H3,(H,28,29). The zero-order valence-corrected chi connectivity index (χ0v) is 19.1. The molecule has 1 fully saturated rings. The lowest BCUT2D eigenvalue weighted by atomic mass is 9.61. The Balaban J connectivity index is 1.19. The van der Waals surface area contributed by atoms with Gasteiger partial charge in [-0.05, 0) is 61.9 Å². The number of nitrogens with one attached hydrogen (secondary N) is 1. The second-order valence-electron chi connectivity index (χ2n) is 9.52. The zero-order chi connectivity index (χ0) is 22.1. The summed E-state index contributed by atoms with van der Waals surface area (Å²) in [4.78, 5) is 10.4. The lowest BCUT2D eigenvalue weighted by Gasteiger charge is -2.48. The summed E-state index contributed by atoms with van der Waals surface area (Å²) >= 11 is 0. The van der Waals surface area contributed by atoms with Crippen molar-refractivity contribution in [2.75, 3.05) is 27.2 Å². The summed E-state index contributed by atoms with van der Waals surface area (Å²) in [6.45, 7) is 1.79. The summed E-state index contributed by atoms with van der Waals surface area (Å²) in [5.41, 5.74) is 4.09. The number of imidazole rings is 1. The maximum Gasteiger partial charge on any atom is 0.146 e. The van der Waals surface area contributed by atoms with E-state index in [1.165, 1.54) is 17.6 Å². The minimum absolute atomic E-state index is 0.263. The highest BCUT2D eigenvalue weighted by atomic mass is 16.5. The summed E-state index contributed by atoms with van der Waals surface area (Å²) in [5, 5.41) is 11.5. The maximum atomic E-state index is 11.5. The van der Waals surface area contributed by atoms with E-state index in [1.54, 1.807) is 7.11 Å². The van der Waals surface area contributed by atoms with Crippen LogP contribution < -0.4 is 4.74 Å². The molecule has 0 aliphatic heterocycles. The van der Waals surface area contributed by atoms with Crippen molar-refractivity contribution in [3.8, 4) is 5.75 Å². The predicted octanol–water partition coefficient (Wildman–Crippen LogP) is 4.68. The Bertz CT molecular complexity index is 1110. The summed E-state index contributed by atoms with van der Waals surface area (Å²) < 4.78 is 5.42. The number of allylic oxidation sites excluding steroid dienone is 1. The summed E-state index contributed by atoms with van der Waals surface area (Å²) in [5.74, 6) is 2.51. The molecule has 0 radical (unpaired) electrons.